The first-order valence-corrected chi connectivity index (χ1v) is 11.1. The lowest BCUT2D eigenvalue weighted by Gasteiger charge is -2.44. The highest BCUT2D eigenvalue weighted by molar-refractivity contribution is 7.81. The summed E-state index contributed by atoms with van der Waals surface area (Å²) in [5.74, 6) is -2.15. The number of aliphatic hydroxyl groups excluding tert-OH is 1. The van der Waals surface area contributed by atoms with E-state index in [2.05, 4.69) is 5.32 Å². The van der Waals surface area contributed by atoms with Crippen LogP contribution in [0.15, 0.2) is 17.8 Å². The molecule has 1 aromatic heterocycles. The smallest absolute Gasteiger partial charge is 0.358 e. The molecule has 2 aliphatic heterocycles. The third-order valence-electron chi connectivity index (χ3n) is 5.27. The second-order valence-electron chi connectivity index (χ2n) is 8.55. The van der Waals surface area contributed by atoms with Crippen LogP contribution in [0.5, 0.6) is 0 Å². The van der Waals surface area contributed by atoms with Crippen molar-refractivity contribution in [2.45, 2.75) is 46.3 Å². The molecule has 1 saturated heterocycles. The molecule has 0 spiro atoms. The lowest BCUT2D eigenvalue weighted by molar-refractivity contribution is -0.175. The predicted octanol–water partition coefficient (Wildman–Crippen LogP) is 2.06. The van der Waals surface area contributed by atoms with Crippen LogP contribution in [0.25, 0.3) is 5.57 Å². The average molecular weight is 467 g/mol. The van der Waals surface area contributed by atoms with Gasteiger partial charge in [0.15, 0.2) is 0 Å². The third kappa shape index (κ3) is 4.37. The van der Waals surface area contributed by atoms with Gasteiger partial charge < -0.3 is 24.8 Å². The van der Waals surface area contributed by atoms with Crippen molar-refractivity contribution in [2.24, 2.45) is 11.3 Å². The Labute approximate surface area is 190 Å². The number of fused-ring (bicyclic) bond motifs is 1. The molecule has 3 heterocycles. The van der Waals surface area contributed by atoms with Gasteiger partial charge in [0.25, 0.3) is 0 Å². The Morgan fingerprint density at radius 3 is 2.61 bits per heavy atom. The fraction of sp³-hybridized carbons (Fsp3) is 0.524. The number of hydrogen-bond acceptors (Lipinski definition) is 8. The monoisotopic (exact) mass is 466 g/mol. The number of amides is 1. The van der Waals surface area contributed by atoms with E-state index in [1.54, 1.807) is 34.7 Å². The molecule has 0 radical (unpaired) electrons. The van der Waals surface area contributed by atoms with Crippen LogP contribution >= 0.6 is 23.6 Å². The second-order valence-corrected chi connectivity index (χ2v) is 10.0. The van der Waals surface area contributed by atoms with Crippen molar-refractivity contribution in [1.29, 1.82) is 0 Å². The first-order chi connectivity index (χ1) is 14.5. The van der Waals surface area contributed by atoms with Gasteiger partial charge in [-0.3, -0.25) is 9.59 Å². The van der Waals surface area contributed by atoms with Crippen molar-refractivity contribution in [2.75, 3.05) is 13.8 Å². The maximum atomic E-state index is 12.9. The molecule has 1 amide bonds. The van der Waals surface area contributed by atoms with Gasteiger partial charge in [-0.05, 0) is 46.2 Å². The van der Waals surface area contributed by atoms with Crippen LogP contribution in [0.1, 0.15) is 43.9 Å². The summed E-state index contributed by atoms with van der Waals surface area (Å²) in [5.41, 5.74) is 0.0538. The van der Waals surface area contributed by atoms with Gasteiger partial charge in [0.2, 0.25) is 12.7 Å². The number of rotatable bonds is 6. The van der Waals surface area contributed by atoms with Gasteiger partial charge in [-0.15, -0.1) is 11.3 Å². The van der Waals surface area contributed by atoms with Crippen molar-refractivity contribution in [1.82, 2.24) is 10.2 Å². The highest BCUT2D eigenvalue weighted by atomic mass is 32.1. The van der Waals surface area contributed by atoms with Gasteiger partial charge >= 0.3 is 11.9 Å². The minimum atomic E-state index is -0.825. The molecule has 2 aliphatic rings. The molecule has 10 heteroatoms. The van der Waals surface area contributed by atoms with E-state index in [4.69, 9.17) is 21.7 Å². The summed E-state index contributed by atoms with van der Waals surface area (Å²) in [7, 11) is 1.73. The first kappa shape index (κ1) is 23.4. The normalized spacial score (nSPS) is 21.4. The van der Waals surface area contributed by atoms with Gasteiger partial charge in [-0.25, -0.2) is 4.79 Å². The van der Waals surface area contributed by atoms with Crippen molar-refractivity contribution in [3.63, 3.8) is 0 Å². The largest absolute Gasteiger partial charge is 0.427 e. The van der Waals surface area contributed by atoms with Gasteiger partial charge in [0.05, 0.1) is 28.4 Å². The van der Waals surface area contributed by atoms with Crippen molar-refractivity contribution in [3.8, 4) is 0 Å². The minimum Gasteiger partial charge on any atom is -0.427 e. The van der Waals surface area contributed by atoms with E-state index in [1.807, 2.05) is 12.1 Å². The van der Waals surface area contributed by atoms with Crippen LogP contribution in [0, 0.1) is 11.3 Å². The number of carbonyl (C=O) groups is 3. The van der Waals surface area contributed by atoms with E-state index in [9.17, 15) is 19.5 Å². The van der Waals surface area contributed by atoms with Crippen LogP contribution < -0.4 is 5.32 Å². The van der Waals surface area contributed by atoms with Crippen LogP contribution in [0.4, 0.5) is 0 Å². The predicted molar refractivity (Wildman–Crippen MR) is 119 cm³/mol. The van der Waals surface area contributed by atoms with Gasteiger partial charge in [-0.1, -0.05) is 12.2 Å². The molecule has 3 unspecified atom stereocenters. The minimum absolute atomic E-state index is 0.127. The number of β-lactam (4-membered cyclic amide) rings is 1. The molecule has 8 nitrogen and oxygen atoms in total. The number of hydrogen-bond donors (Lipinski definition) is 2. The average Bonchev–Trinajstić information content (AvgIpc) is 3.28. The zero-order chi connectivity index (χ0) is 23.1. The zero-order valence-corrected chi connectivity index (χ0v) is 19.7. The number of nitrogens with one attached hydrogen (secondary N) is 1. The molecule has 0 aliphatic carbocycles. The maximum Gasteiger partial charge on any atom is 0.358 e. The third-order valence-corrected chi connectivity index (χ3v) is 6.98. The summed E-state index contributed by atoms with van der Waals surface area (Å²) in [6.07, 6.45) is -0.409. The van der Waals surface area contributed by atoms with E-state index in [1.165, 1.54) is 16.2 Å². The van der Waals surface area contributed by atoms with Crippen LogP contribution in [0.2, 0.25) is 0 Å². The lowest BCUT2D eigenvalue weighted by atomic mass is 9.83. The van der Waals surface area contributed by atoms with E-state index in [0.717, 1.165) is 9.75 Å². The van der Waals surface area contributed by atoms with Crippen LogP contribution in [-0.4, -0.2) is 58.8 Å². The molecule has 3 atom stereocenters. The quantitative estimate of drug-likeness (QED) is 0.284. The number of thiophene rings is 1. The van der Waals surface area contributed by atoms with E-state index in [-0.39, 0.29) is 17.6 Å². The van der Waals surface area contributed by atoms with Crippen LogP contribution in [-0.2, 0) is 23.9 Å². The highest BCUT2D eigenvalue weighted by Gasteiger charge is 2.57. The number of thiocarbonyl (C=S) groups is 1. The zero-order valence-electron chi connectivity index (χ0n) is 18.1. The molecule has 31 heavy (non-hydrogen) atoms. The number of nitrogens with zero attached hydrogens (tertiary/aromatic N) is 1. The lowest BCUT2D eigenvalue weighted by Crippen LogP contribution is -2.61. The Kier molecular flexibility index (Phi) is 6.54. The summed E-state index contributed by atoms with van der Waals surface area (Å²) in [5, 5.41) is 12.9. The molecule has 1 fully saturated rings. The van der Waals surface area contributed by atoms with Crippen LogP contribution in [0.3, 0.4) is 0 Å². The van der Waals surface area contributed by atoms with Crippen molar-refractivity contribution in [3.05, 3.63) is 27.6 Å². The molecule has 0 saturated carbocycles. The first-order valence-electron chi connectivity index (χ1n) is 9.88. The molecule has 168 valence electrons. The Bertz CT molecular complexity index is 959. The Hall–Kier alpha value is -2.30. The maximum absolute atomic E-state index is 12.9. The molecular formula is C21H26N2O6S2. The SMILES string of the molecule is CNC(=S)c1ccc(C2=C(C(=O)OCOC(=O)C(C)(C)C)N3C(=O)C(C(C)O)C3C2)s1. The van der Waals surface area contributed by atoms with E-state index in [0.29, 0.717) is 17.0 Å². The second kappa shape index (κ2) is 8.68. The molecule has 1 aromatic rings. The summed E-state index contributed by atoms with van der Waals surface area (Å²) in [6.45, 7) is 6.10. The molecule has 0 aromatic carbocycles. The van der Waals surface area contributed by atoms with Gasteiger partial charge in [0, 0.05) is 17.5 Å². The topological polar surface area (TPSA) is 105 Å². The number of ether oxygens (including phenoxy) is 2. The summed E-state index contributed by atoms with van der Waals surface area (Å²) >= 11 is 6.68. The summed E-state index contributed by atoms with van der Waals surface area (Å²) < 4.78 is 10.2. The fourth-order valence-electron chi connectivity index (χ4n) is 3.65. The Morgan fingerprint density at radius 2 is 2.03 bits per heavy atom. The molecule has 2 N–H and O–H groups in total. The van der Waals surface area contributed by atoms with Crippen molar-refractivity contribution < 1.29 is 29.0 Å². The van der Waals surface area contributed by atoms with Gasteiger partial charge in [-0.2, -0.15) is 0 Å². The number of aliphatic hydroxyl groups is 1. The standard InChI is InChI=1S/C21H26N2O6S2/c1-10(24)15-12-8-11(13-6-7-14(31-13)17(30)22-5)16(23(12)18(15)25)19(26)28-9-29-20(27)21(2,3)4/h6-7,10,12,15,24H,8-9H2,1-5H3,(H,22,30). The van der Waals surface area contributed by atoms with Gasteiger partial charge in [0.1, 0.15) is 10.7 Å². The molecular weight excluding hydrogens is 440 g/mol. The fourth-order valence-corrected chi connectivity index (χ4v) is 4.85. The molecule has 3 rings (SSSR count). The Morgan fingerprint density at radius 1 is 1.35 bits per heavy atom. The van der Waals surface area contributed by atoms with Crippen molar-refractivity contribution >= 4 is 52.0 Å². The van der Waals surface area contributed by atoms with E-state index >= 15 is 0 Å². The van der Waals surface area contributed by atoms with E-state index < -0.39 is 36.2 Å². The number of esters is 2. The Balaban J connectivity index is 1.86. The summed E-state index contributed by atoms with van der Waals surface area (Å²) in [4.78, 5) is 41.1. The molecule has 0 bridgehead atoms. The number of carbonyl (C=O) groups excluding carboxylic acids is 3. The summed E-state index contributed by atoms with van der Waals surface area (Å²) in [6, 6.07) is 3.38. The highest BCUT2D eigenvalue weighted by Crippen LogP contribution is 2.48.